The number of nitrogens with one attached hydrogen (secondary N) is 1. The van der Waals surface area contributed by atoms with Crippen LogP contribution >= 0.6 is 32.0 Å². The number of aromatic nitrogens is 2. The van der Waals surface area contributed by atoms with Gasteiger partial charge in [0.1, 0.15) is 17.1 Å². The molecule has 0 bridgehead atoms. The average molecular weight is 574 g/mol. The lowest BCUT2D eigenvalue weighted by atomic mass is 9.92. The van der Waals surface area contributed by atoms with Crippen molar-refractivity contribution in [1.29, 1.82) is 0 Å². The topological polar surface area (TPSA) is 120 Å². The van der Waals surface area contributed by atoms with Crippen LogP contribution in [0.1, 0.15) is 45.6 Å². The van der Waals surface area contributed by atoms with Crippen molar-refractivity contribution in [3.05, 3.63) is 50.9 Å². The molecule has 38 heavy (non-hydrogen) atoms. The Labute approximate surface area is 232 Å². The number of anilines is 1. The predicted octanol–water partition coefficient (Wildman–Crippen LogP) is 4.40. The standard InChI is InChI=1S/C26H32N5O4PS2/c1-26(2,3)10-11-30-25(35)21(23(34)22(28-30)16-9-13-38-15-16)24-27-18-8-7-17(14-19(18)36-29-24)31(37-4)20(33)6-5-12-32/h7-9,13-15,32,34,36H,5-6,10-12H2,1-4H3,(H,27,29). The Balaban J connectivity index is 1.74. The first-order chi connectivity index (χ1) is 18.1. The van der Waals surface area contributed by atoms with E-state index in [1.165, 1.54) is 28.0 Å². The van der Waals surface area contributed by atoms with Gasteiger partial charge in [0.05, 0.1) is 11.4 Å². The van der Waals surface area contributed by atoms with Crippen molar-refractivity contribution in [1.82, 2.24) is 14.9 Å². The van der Waals surface area contributed by atoms with Crippen molar-refractivity contribution >= 4 is 60.4 Å². The van der Waals surface area contributed by atoms with Crippen LogP contribution in [0.2, 0.25) is 0 Å². The molecular weight excluding hydrogens is 541 g/mol. The number of aryl methyl sites for hydroxylation is 1. The van der Waals surface area contributed by atoms with Crippen LogP contribution in [-0.4, -0.2) is 44.6 Å². The fourth-order valence-corrected chi connectivity index (χ4v) is 6.07. The van der Waals surface area contributed by atoms with E-state index in [9.17, 15) is 14.7 Å². The maximum Gasteiger partial charge on any atom is 0.281 e. The molecule has 2 aromatic heterocycles. The number of aliphatic hydroxyl groups is 1. The van der Waals surface area contributed by atoms with Gasteiger partial charge in [-0.2, -0.15) is 16.4 Å². The summed E-state index contributed by atoms with van der Waals surface area (Å²) in [5.74, 6) is 0.0241. The summed E-state index contributed by atoms with van der Waals surface area (Å²) in [6.07, 6.45) is 3.24. The normalized spacial score (nSPS) is 13.7. The predicted molar refractivity (Wildman–Crippen MR) is 159 cm³/mol. The number of hydrogen-bond donors (Lipinski definition) is 3. The zero-order valence-corrected chi connectivity index (χ0v) is 24.4. The van der Waals surface area contributed by atoms with Crippen molar-refractivity contribution in [2.75, 3.05) is 17.2 Å². The summed E-state index contributed by atoms with van der Waals surface area (Å²) in [6.45, 7) is 6.70. The third-order valence-corrected chi connectivity index (χ3v) is 8.45. The van der Waals surface area contributed by atoms with Crippen LogP contribution in [0.15, 0.2) is 44.8 Å². The molecule has 4 rings (SSSR count). The molecule has 3 heterocycles. The minimum Gasteiger partial charge on any atom is -0.505 e. The molecule has 0 saturated carbocycles. The van der Waals surface area contributed by atoms with Crippen molar-refractivity contribution in [3.8, 4) is 17.0 Å². The van der Waals surface area contributed by atoms with Gasteiger partial charge in [-0.3, -0.25) is 13.9 Å². The minimum absolute atomic E-state index is 0.00445. The first-order valence-corrected chi connectivity index (χ1v) is 15.3. The smallest absolute Gasteiger partial charge is 0.281 e. The van der Waals surface area contributed by atoms with Gasteiger partial charge in [0, 0.05) is 50.8 Å². The highest BCUT2D eigenvalue weighted by Crippen LogP contribution is 2.34. The van der Waals surface area contributed by atoms with Crippen LogP contribution in [0, 0.1) is 5.41 Å². The van der Waals surface area contributed by atoms with E-state index < -0.39 is 5.56 Å². The van der Waals surface area contributed by atoms with Crippen molar-refractivity contribution in [3.63, 3.8) is 0 Å². The fourth-order valence-electron chi connectivity index (χ4n) is 3.89. The van der Waals surface area contributed by atoms with Gasteiger partial charge in [-0.25, -0.2) is 9.67 Å². The number of carbonyl (C=O) groups excluding carboxylic acids is 1. The molecule has 1 aliphatic heterocycles. The first kappa shape index (κ1) is 28.3. The number of amides is 1. The Bertz CT molecular complexity index is 1400. The van der Waals surface area contributed by atoms with Crippen LogP contribution in [0.25, 0.3) is 11.3 Å². The quantitative estimate of drug-likeness (QED) is 0.256. The number of aliphatic hydroxyl groups excluding tert-OH is 1. The molecule has 202 valence electrons. The van der Waals surface area contributed by atoms with Crippen LogP contribution in [0.5, 0.6) is 5.75 Å². The van der Waals surface area contributed by atoms with Gasteiger partial charge in [-0.05, 0) is 59.9 Å². The second-order valence-corrected chi connectivity index (χ2v) is 12.6. The summed E-state index contributed by atoms with van der Waals surface area (Å²) >= 11 is 2.80. The van der Waals surface area contributed by atoms with E-state index in [-0.39, 0.29) is 44.4 Å². The molecule has 0 saturated heterocycles. The molecule has 0 aliphatic carbocycles. The van der Waals surface area contributed by atoms with E-state index in [1.807, 2.05) is 41.3 Å². The molecule has 9 nitrogen and oxygen atoms in total. The number of hydrogen-bond acceptors (Lipinski definition) is 9. The second-order valence-electron chi connectivity index (χ2n) is 10.0. The number of nitrogens with zero attached hydrogens (tertiary/aromatic N) is 4. The lowest BCUT2D eigenvalue weighted by Gasteiger charge is -2.23. The average Bonchev–Trinajstić information content (AvgIpc) is 3.41. The van der Waals surface area contributed by atoms with Gasteiger partial charge in [-0.15, -0.1) is 0 Å². The zero-order chi connectivity index (χ0) is 27.4. The number of fused-ring (bicyclic) bond motifs is 1. The summed E-state index contributed by atoms with van der Waals surface area (Å²) in [5, 5.41) is 32.7. The Kier molecular flexibility index (Phi) is 8.92. The van der Waals surface area contributed by atoms with Crippen LogP contribution in [0.3, 0.4) is 0 Å². The summed E-state index contributed by atoms with van der Waals surface area (Å²) < 4.78 is 3.03. The van der Waals surface area contributed by atoms with E-state index in [2.05, 4.69) is 31.0 Å². The van der Waals surface area contributed by atoms with Crippen LogP contribution in [-0.2, 0) is 11.3 Å². The number of aliphatic imine (C=N–C) groups is 1. The van der Waals surface area contributed by atoms with Gasteiger partial charge < -0.3 is 15.3 Å². The highest BCUT2D eigenvalue weighted by Gasteiger charge is 2.26. The van der Waals surface area contributed by atoms with Gasteiger partial charge in [0.2, 0.25) is 5.91 Å². The molecule has 0 radical (unpaired) electrons. The molecule has 1 aliphatic rings. The number of amidine groups is 1. The summed E-state index contributed by atoms with van der Waals surface area (Å²) in [7, 11) is 0.0688. The maximum atomic E-state index is 13.5. The largest absolute Gasteiger partial charge is 0.505 e. The van der Waals surface area contributed by atoms with Crippen molar-refractivity contribution in [2.24, 2.45) is 10.4 Å². The number of aromatic hydroxyl groups is 1. The molecule has 0 fully saturated rings. The Hall–Kier alpha value is -2.72. The van der Waals surface area contributed by atoms with E-state index in [4.69, 9.17) is 10.1 Å². The van der Waals surface area contributed by atoms with Gasteiger partial charge >= 0.3 is 0 Å². The molecule has 0 spiro atoms. The number of thiophene rings is 1. The third kappa shape index (κ3) is 6.29. The van der Waals surface area contributed by atoms with Gasteiger partial charge in [0.25, 0.3) is 5.56 Å². The summed E-state index contributed by atoms with van der Waals surface area (Å²) in [4.78, 5) is 30.8. The van der Waals surface area contributed by atoms with Crippen LogP contribution in [0.4, 0.5) is 11.4 Å². The highest BCUT2D eigenvalue weighted by molar-refractivity contribution is 8.00. The first-order valence-electron chi connectivity index (χ1n) is 12.2. The number of rotatable bonds is 9. The van der Waals surface area contributed by atoms with E-state index in [1.54, 1.807) is 4.31 Å². The zero-order valence-electron chi connectivity index (χ0n) is 21.8. The van der Waals surface area contributed by atoms with E-state index >= 15 is 0 Å². The molecular formula is C26H32N5O4PS2. The molecule has 12 heteroatoms. The molecule has 3 N–H and O–H groups in total. The minimum atomic E-state index is -0.398. The molecule has 1 aromatic carbocycles. The molecule has 1 amide bonds. The monoisotopic (exact) mass is 573 g/mol. The van der Waals surface area contributed by atoms with Crippen LogP contribution < -0.4 is 20.3 Å². The van der Waals surface area contributed by atoms with Gasteiger partial charge in [0.15, 0.2) is 5.75 Å². The SMILES string of the molecule is CSN(C(=O)CCCO)c1ccc2c(c1)PNC(c1c(O)c(-c3ccsc3)nn(CCC(C)(C)C)c1=O)=N2. The Morgan fingerprint density at radius 1 is 1.29 bits per heavy atom. The van der Waals surface area contributed by atoms with Crippen molar-refractivity contribution in [2.45, 2.75) is 46.6 Å². The Morgan fingerprint density at radius 2 is 2.08 bits per heavy atom. The van der Waals surface area contributed by atoms with Crippen molar-refractivity contribution < 1.29 is 15.0 Å². The van der Waals surface area contributed by atoms with E-state index in [0.29, 0.717) is 30.2 Å². The highest BCUT2D eigenvalue weighted by atomic mass is 32.2. The maximum absolute atomic E-state index is 13.5. The third-order valence-electron chi connectivity index (χ3n) is 5.96. The van der Waals surface area contributed by atoms with E-state index in [0.717, 1.165) is 23.0 Å². The van der Waals surface area contributed by atoms with Gasteiger partial charge in [-0.1, -0.05) is 20.8 Å². The lowest BCUT2D eigenvalue weighted by molar-refractivity contribution is -0.117. The molecule has 1 atom stereocenters. The fraction of sp³-hybridized carbons (Fsp3) is 0.385. The summed E-state index contributed by atoms with van der Waals surface area (Å²) in [6, 6.07) is 7.40. The second kappa shape index (κ2) is 12.0. The Morgan fingerprint density at radius 3 is 2.74 bits per heavy atom. The molecule has 1 unspecified atom stereocenters. The summed E-state index contributed by atoms with van der Waals surface area (Å²) in [5.41, 5.74) is 2.18. The molecule has 3 aromatic rings. The number of carbonyl (C=O) groups is 1. The number of benzene rings is 1. The lowest BCUT2D eigenvalue weighted by Crippen LogP contribution is -2.35.